The lowest BCUT2D eigenvalue weighted by Gasteiger charge is -2.22. The van der Waals surface area contributed by atoms with Gasteiger partial charge in [-0.3, -0.25) is 0 Å². The van der Waals surface area contributed by atoms with Gasteiger partial charge in [-0.15, -0.1) is 0 Å². The molecule has 26 heavy (non-hydrogen) atoms. The predicted octanol–water partition coefficient (Wildman–Crippen LogP) is 2.55. The van der Waals surface area contributed by atoms with E-state index in [4.69, 9.17) is 10.5 Å². The fourth-order valence-electron chi connectivity index (χ4n) is 3.08. The topological polar surface area (TPSA) is 90.9 Å². The van der Waals surface area contributed by atoms with Crippen molar-refractivity contribution < 1.29 is 4.74 Å². The zero-order chi connectivity index (χ0) is 17.9. The summed E-state index contributed by atoms with van der Waals surface area (Å²) in [6.07, 6.45) is 10.4. The van der Waals surface area contributed by atoms with Crippen LogP contribution >= 0.6 is 0 Å². The van der Waals surface area contributed by atoms with Crippen LogP contribution in [0, 0.1) is 11.8 Å². The second-order valence-corrected chi connectivity index (χ2v) is 6.21. The molecule has 1 fully saturated rings. The first-order valence-corrected chi connectivity index (χ1v) is 8.64. The van der Waals surface area contributed by atoms with E-state index in [1.807, 2.05) is 24.0 Å². The van der Waals surface area contributed by atoms with E-state index in [1.165, 1.54) is 0 Å². The minimum atomic E-state index is 0.0163. The van der Waals surface area contributed by atoms with Crippen LogP contribution in [0.5, 0.6) is 0 Å². The maximum absolute atomic E-state index is 5.85. The van der Waals surface area contributed by atoms with Crippen molar-refractivity contribution in [1.82, 2.24) is 19.7 Å². The third kappa shape index (κ3) is 3.19. The average Bonchev–Trinajstić information content (AvgIpc) is 3.15. The van der Waals surface area contributed by atoms with Crippen molar-refractivity contribution in [2.45, 2.75) is 25.5 Å². The van der Waals surface area contributed by atoms with Crippen LogP contribution in [0.25, 0.3) is 10.8 Å². The Morgan fingerprint density at radius 3 is 2.92 bits per heavy atom. The molecule has 7 nitrogen and oxygen atoms in total. The number of pyridine rings is 2. The molecule has 0 saturated carbocycles. The molecule has 0 aliphatic carbocycles. The molecule has 1 aliphatic heterocycles. The quantitative estimate of drug-likeness (QED) is 0.692. The highest BCUT2D eigenvalue weighted by molar-refractivity contribution is 5.96. The number of anilines is 2. The van der Waals surface area contributed by atoms with Crippen LogP contribution in [0.1, 0.15) is 36.6 Å². The highest BCUT2D eigenvalue weighted by Gasteiger charge is 2.16. The lowest BCUT2D eigenvalue weighted by Crippen LogP contribution is -2.18. The van der Waals surface area contributed by atoms with E-state index >= 15 is 0 Å². The molecule has 0 aromatic carbocycles. The highest BCUT2D eigenvalue weighted by atomic mass is 16.5. The summed E-state index contributed by atoms with van der Waals surface area (Å²) in [7, 11) is 1.82. The minimum absolute atomic E-state index is 0.0163. The largest absolute Gasteiger partial charge is 0.384 e. The molecule has 0 spiro atoms. The monoisotopic (exact) mass is 348 g/mol. The Morgan fingerprint density at radius 2 is 2.12 bits per heavy atom. The Labute approximate surface area is 151 Å². The summed E-state index contributed by atoms with van der Waals surface area (Å²) in [4.78, 5) is 8.56. The molecular weight excluding hydrogens is 328 g/mol. The minimum Gasteiger partial charge on any atom is -0.384 e. The number of hydrogen-bond donors (Lipinski definition) is 2. The van der Waals surface area contributed by atoms with Crippen molar-refractivity contribution in [3.05, 3.63) is 42.0 Å². The van der Waals surface area contributed by atoms with Gasteiger partial charge in [0.1, 0.15) is 17.9 Å². The summed E-state index contributed by atoms with van der Waals surface area (Å²) in [5.74, 6) is 7.54. The molecule has 4 rings (SSSR count). The Hall–Kier alpha value is -3.11. The molecule has 3 N–H and O–H groups in total. The van der Waals surface area contributed by atoms with Crippen molar-refractivity contribution in [2.75, 3.05) is 24.7 Å². The number of nitrogen functional groups attached to an aromatic ring is 1. The molecule has 0 bridgehead atoms. The SMILES string of the molecule is CNc1ncc(C#Cc2cnn(C3CCCCO3)c2)c2cc(N)ncc12. The molecule has 1 unspecified atom stereocenters. The third-order valence-corrected chi connectivity index (χ3v) is 4.42. The van der Waals surface area contributed by atoms with Crippen LogP contribution in [0.15, 0.2) is 30.9 Å². The van der Waals surface area contributed by atoms with E-state index in [1.54, 1.807) is 18.6 Å². The first kappa shape index (κ1) is 16.4. The summed E-state index contributed by atoms with van der Waals surface area (Å²) in [5, 5.41) is 9.26. The van der Waals surface area contributed by atoms with Gasteiger partial charge in [0, 0.05) is 43.0 Å². The summed E-state index contributed by atoms with van der Waals surface area (Å²) in [6, 6.07) is 1.82. The number of rotatable bonds is 2. The molecule has 3 aromatic rings. The van der Waals surface area contributed by atoms with E-state index in [0.29, 0.717) is 5.82 Å². The van der Waals surface area contributed by atoms with Gasteiger partial charge in [0.25, 0.3) is 0 Å². The third-order valence-electron chi connectivity index (χ3n) is 4.42. The standard InChI is InChI=1S/C19H20N6O/c1-21-19-16-11-22-17(20)8-15(16)14(10-23-19)6-5-13-9-24-25(12-13)18-4-2-3-7-26-18/h8-12,18H,2-4,7H2,1H3,(H2,20,22)(H,21,23). The molecule has 0 radical (unpaired) electrons. The molecule has 1 aliphatic rings. The number of aromatic nitrogens is 4. The van der Waals surface area contributed by atoms with Crippen molar-refractivity contribution >= 4 is 22.4 Å². The van der Waals surface area contributed by atoms with Gasteiger partial charge < -0.3 is 15.8 Å². The zero-order valence-electron chi connectivity index (χ0n) is 14.6. The Kier molecular flexibility index (Phi) is 4.42. The number of nitrogens with one attached hydrogen (secondary N) is 1. The van der Waals surface area contributed by atoms with Crippen LogP contribution in [-0.2, 0) is 4.74 Å². The summed E-state index contributed by atoms with van der Waals surface area (Å²) in [6.45, 7) is 0.788. The van der Waals surface area contributed by atoms with Crippen LogP contribution in [0.4, 0.5) is 11.6 Å². The van der Waals surface area contributed by atoms with Gasteiger partial charge in [-0.25, -0.2) is 14.6 Å². The molecule has 1 saturated heterocycles. The van der Waals surface area contributed by atoms with Gasteiger partial charge in [-0.1, -0.05) is 11.8 Å². The fourth-order valence-corrected chi connectivity index (χ4v) is 3.08. The Bertz CT molecular complexity index is 994. The summed E-state index contributed by atoms with van der Waals surface area (Å²) < 4.78 is 7.60. The van der Waals surface area contributed by atoms with Gasteiger partial charge >= 0.3 is 0 Å². The predicted molar refractivity (Wildman–Crippen MR) is 101 cm³/mol. The van der Waals surface area contributed by atoms with E-state index in [9.17, 15) is 0 Å². The van der Waals surface area contributed by atoms with Crippen molar-refractivity contribution in [3.63, 3.8) is 0 Å². The normalized spacial score (nSPS) is 16.9. The molecule has 0 amide bonds. The van der Waals surface area contributed by atoms with Gasteiger partial charge in [0.05, 0.1) is 17.3 Å². The molecular formula is C19H20N6O. The zero-order valence-corrected chi connectivity index (χ0v) is 14.6. The van der Waals surface area contributed by atoms with E-state index in [0.717, 1.165) is 53.6 Å². The number of ether oxygens (including phenoxy) is 1. The van der Waals surface area contributed by atoms with E-state index < -0.39 is 0 Å². The summed E-state index contributed by atoms with van der Waals surface area (Å²) in [5.41, 5.74) is 7.49. The van der Waals surface area contributed by atoms with Gasteiger partial charge in [0.15, 0.2) is 0 Å². The highest BCUT2D eigenvalue weighted by Crippen LogP contribution is 2.25. The lowest BCUT2D eigenvalue weighted by atomic mass is 10.1. The van der Waals surface area contributed by atoms with Gasteiger partial charge in [0.2, 0.25) is 0 Å². The molecule has 3 aromatic heterocycles. The first-order chi connectivity index (χ1) is 12.7. The van der Waals surface area contributed by atoms with Crippen LogP contribution < -0.4 is 11.1 Å². The molecule has 4 heterocycles. The lowest BCUT2D eigenvalue weighted by molar-refractivity contribution is -0.0395. The number of nitrogens with two attached hydrogens (primary N) is 1. The second-order valence-electron chi connectivity index (χ2n) is 6.21. The van der Waals surface area contributed by atoms with Crippen LogP contribution in [0.3, 0.4) is 0 Å². The first-order valence-electron chi connectivity index (χ1n) is 8.64. The Morgan fingerprint density at radius 1 is 1.19 bits per heavy atom. The fraction of sp³-hybridized carbons (Fsp3) is 0.316. The van der Waals surface area contributed by atoms with Crippen molar-refractivity contribution in [1.29, 1.82) is 0 Å². The van der Waals surface area contributed by atoms with Gasteiger partial charge in [-0.05, 0) is 25.3 Å². The average molecular weight is 348 g/mol. The molecule has 132 valence electrons. The maximum atomic E-state index is 5.85. The smallest absolute Gasteiger partial charge is 0.150 e. The number of hydrogen-bond acceptors (Lipinski definition) is 6. The van der Waals surface area contributed by atoms with Crippen LogP contribution in [-0.4, -0.2) is 33.4 Å². The molecule has 1 atom stereocenters. The van der Waals surface area contributed by atoms with E-state index in [-0.39, 0.29) is 6.23 Å². The van der Waals surface area contributed by atoms with Crippen LogP contribution in [0.2, 0.25) is 0 Å². The number of nitrogens with zero attached hydrogens (tertiary/aromatic N) is 4. The van der Waals surface area contributed by atoms with Gasteiger partial charge in [-0.2, -0.15) is 5.10 Å². The maximum Gasteiger partial charge on any atom is 0.150 e. The summed E-state index contributed by atoms with van der Waals surface area (Å²) >= 11 is 0. The van der Waals surface area contributed by atoms with Crippen molar-refractivity contribution in [3.8, 4) is 11.8 Å². The van der Waals surface area contributed by atoms with Crippen molar-refractivity contribution in [2.24, 2.45) is 0 Å². The molecule has 7 heteroatoms. The Balaban J connectivity index is 1.66. The van der Waals surface area contributed by atoms with E-state index in [2.05, 4.69) is 32.2 Å². The second kappa shape index (κ2) is 7.02. The number of fused-ring (bicyclic) bond motifs is 1.